The Bertz CT molecular complexity index is 752. The molecule has 1 aromatic carbocycles. The highest BCUT2D eigenvalue weighted by Crippen LogP contribution is 2.21. The number of sulfonamides is 1. The number of rotatable bonds is 9. The second kappa shape index (κ2) is 10.5. The van der Waals surface area contributed by atoms with Crippen LogP contribution >= 0.6 is 0 Å². The molecule has 0 radical (unpaired) electrons. The average Bonchev–Trinajstić information content (AvgIpc) is 3.28. The second-order valence-corrected chi connectivity index (χ2v) is 10.2. The van der Waals surface area contributed by atoms with Gasteiger partial charge in [0, 0.05) is 32.1 Å². The van der Waals surface area contributed by atoms with Crippen LogP contribution in [0.15, 0.2) is 29.2 Å². The number of hydrogen-bond acceptors (Lipinski definition) is 4. The van der Waals surface area contributed by atoms with Gasteiger partial charge in [0.1, 0.15) is 0 Å². The standard InChI is InChI=1S/C22H35N3O3S/c1-2-20(24-14-6-7-15-24)18-23-22(26)13-10-19-8-11-21(12-9-19)29(27,28)25-16-4-3-5-17-25/h8-9,11-12,20H,2-7,10,13-18H2,1H3,(H,23,26). The molecule has 1 aromatic rings. The molecule has 1 atom stereocenters. The lowest BCUT2D eigenvalue weighted by Crippen LogP contribution is -2.42. The number of carbonyl (C=O) groups is 1. The fourth-order valence-electron chi connectivity index (χ4n) is 4.30. The first kappa shape index (κ1) is 22.2. The van der Waals surface area contributed by atoms with Gasteiger partial charge in [0.05, 0.1) is 4.90 Å². The Morgan fingerprint density at radius 1 is 1.00 bits per heavy atom. The van der Waals surface area contributed by atoms with Gasteiger partial charge in [-0.25, -0.2) is 8.42 Å². The Morgan fingerprint density at radius 2 is 1.62 bits per heavy atom. The molecule has 2 heterocycles. The minimum atomic E-state index is -3.39. The van der Waals surface area contributed by atoms with Gasteiger partial charge in [-0.2, -0.15) is 4.31 Å². The van der Waals surface area contributed by atoms with Crippen LogP contribution in [-0.2, 0) is 21.2 Å². The summed E-state index contributed by atoms with van der Waals surface area (Å²) in [6, 6.07) is 7.46. The molecule has 2 aliphatic heterocycles. The van der Waals surface area contributed by atoms with Crippen LogP contribution in [0.25, 0.3) is 0 Å². The number of nitrogens with zero attached hydrogens (tertiary/aromatic N) is 2. The van der Waals surface area contributed by atoms with Crippen molar-refractivity contribution in [1.82, 2.24) is 14.5 Å². The van der Waals surface area contributed by atoms with E-state index in [1.807, 2.05) is 12.1 Å². The number of benzene rings is 1. The van der Waals surface area contributed by atoms with Gasteiger partial charge < -0.3 is 5.32 Å². The zero-order chi connectivity index (χ0) is 20.7. The average molecular weight is 422 g/mol. The summed E-state index contributed by atoms with van der Waals surface area (Å²) in [4.78, 5) is 15.1. The maximum atomic E-state index is 12.7. The smallest absolute Gasteiger partial charge is 0.243 e. The van der Waals surface area contributed by atoms with Crippen LogP contribution < -0.4 is 5.32 Å². The summed E-state index contributed by atoms with van der Waals surface area (Å²) in [5, 5.41) is 3.08. The molecule has 29 heavy (non-hydrogen) atoms. The van der Waals surface area contributed by atoms with E-state index in [1.165, 1.54) is 12.8 Å². The van der Waals surface area contributed by atoms with E-state index >= 15 is 0 Å². The highest BCUT2D eigenvalue weighted by molar-refractivity contribution is 7.89. The topological polar surface area (TPSA) is 69.7 Å². The van der Waals surface area contributed by atoms with Crippen LogP contribution in [0.5, 0.6) is 0 Å². The molecule has 1 amide bonds. The predicted molar refractivity (Wildman–Crippen MR) is 115 cm³/mol. The molecule has 3 rings (SSSR count). The summed E-state index contributed by atoms with van der Waals surface area (Å²) in [6.07, 6.45) is 7.58. The molecule has 6 nitrogen and oxygen atoms in total. The number of likely N-dealkylation sites (tertiary alicyclic amines) is 1. The molecule has 7 heteroatoms. The first-order valence-corrected chi connectivity index (χ1v) is 12.5. The summed E-state index contributed by atoms with van der Waals surface area (Å²) in [5.74, 6) is 0.0626. The summed E-state index contributed by atoms with van der Waals surface area (Å²) in [7, 11) is -3.39. The third kappa shape index (κ3) is 6.03. The third-order valence-corrected chi connectivity index (χ3v) is 8.09. The van der Waals surface area contributed by atoms with Crippen molar-refractivity contribution < 1.29 is 13.2 Å². The lowest BCUT2D eigenvalue weighted by molar-refractivity contribution is -0.121. The maximum absolute atomic E-state index is 12.7. The highest BCUT2D eigenvalue weighted by Gasteiger charge is 2.25. The lowest BCUT2D eigenvalue weighted by atomic mass is 10.1. The van der Waals surface area contributed by atoms with Crippen molar-refractivity contribution in [2.24, 2.45) is 0 Å². The van der Waals surface area contributed by atoms with E-state index in [4.69, 9.17) is 0 Å². The Balaban J connectivity index is 1.46. The van der Waals surface area contributed by atoms with Gasteiger partial charge in [0.25, 0.3) is 0 Å². The van der Waals surface area contributed by atoms with Crippen LogP contribution in [0.3, 0.4) is 0 Å². The van der Waals surface area contributed by atoms with E-state index in [0.29, 0.717) is 43.4 Å². The lowest BCUT2D eigenvalue weighted by Gasteiger charge is -2.26. The first-order valence-electron chi connectivity index (χ1n) is 11.1. The monoisotopic (exact) mass is 421 g/mol. The predicted octanol–water partition coefficient (Wildman–Crippen LogP) is 2.78. The van der Waals surface area contributed by atoms with E-state index in [2.05, 4.69) is 17.1 Å². The van der Waals surface area contributed by atoms with Gasteiger partial charge in [-0.15, -0.1) is 0 Å². The largest absolute Gasteiger partial charge is 0.355 e. The molecule has 0 aromatic heterocycles. The van der Waals surface area contributed by atoms with Crippen LogP contribution in [0, 0.1) is 0 Å². The zero-order valence-corrected chi connectivity index (χ0v) is 18.4. The van der Waals surface area contributed by atoms with Gasteiger partial charge in [-0.05, 0) is 69.3 Å². The minimum Gasteiger partial charge on any atom is -0.355 e. The number of nitrogens with one attached hydrogen (secondary N) is 1. The fraction of sp³-hybridized carbons (Fsp3) is 0.682. The van der Waals surface area contributed by atoms with Crippen LogP contribution in [0.2, 0.25) is 0 Å². The van der Waals surface area contributed by atoms with Gasteiger partial charge in [-0.1, -0.05) is 25.5 Å². The van der Waals surface area contributed by atoms with E-state index in [9.17, 15) is 13.2 Å². The first-order chi connectivity index (χ1) is 14.0. The van der Waals surface area contributed by atoms with Crippen molar-refractivity contribution in [3.63, 3.8) is 0 Å². The van der Waals surface area contributed by atoms with Gasteiger partial charge in [0.15, 0.2) is 0 Å². The minimum absolute atomic E-state index is 0.0626. The van der Waals surface area contributed by atoms with Crippen molar-refractivity contribution in [1.29, 1.82) is 0 Å². The van der Waals surface area contributed by atoms with E-state index in [1.54, 1.807) is 16.4 Å². The fourth-order valence-corrected chi connectivity index (χ4v) is 5.82. The molecule has 1 unspecified atom stereocenters. The van der Waals surface area contributed by atoms with Crippen molar-refractivity contribution in [2.75, 3.05) is 32.7 Å². The highest BCUT2D eigenvalue weighted by atomic mass is 32.2. The Hall–Kier alpha value is -1.44. The molecule has 162 valence electrons. The summed E-state index contributed by atoms with van der Waals surface area (Å²) < 4.78 is 27.0. The Morgan fingerprint density at radius 3 is 2.24 bits per heavy atom. The summed E-state index contributed by atoms with van der Waals surface area (Å²) in [6.45, 7) is 6.39. The molecule has 0 saturated carbocycles. The normalized spacial score (nSPS) is 19.9. The van der Waals surface area contributed by atoms with Crippen LogP contribution in [0.1, 0.15) is 57.4 Å². The molecule has 1 N–H and O–H groups in total. The molecule has 2 saturated heterocycles. The molecule has 0 spiro atoms. The number of carbonyl (C=O) groups excluding carboxylic acids is 1. The van der Waals surface area contributed by atoms with Crippen LogP contribution in [-0.4, -0.2) is 62.3 Å². The molecule has 2 fully saturated rings. The Labute approximate surface area is 175 Å². The molecule has 0 aliphatic carbocycles. The Kier molecular flexibility index (Phi) is 8.09. The number of hydrogen-bond donors (Lipinski definition) is 1. The van der Waals surface area contributed by atoms with Crippen molar-refractivity contribution >= 4 is 15.9 Å². The second-order valence-electron chi connectivity index (χ2n) is 8.22. The summed E-state index contributed by atoms with van der Waals surface area (Å²) >= 11 is 0. The van der Waals surface area contributed by atoms with E-state index in [-0.39, 0.29) is 5.91 Å². The molecular weight excluding hydrogens is 386 g/mol. The van der Waals surface area contributed by atoms with Gasteiger partial charge in [-0.3, -0.25) is 9.69 Å². The quantitative estimate of drug-likeness (QED) is 0.666. The third-order valence-electron chi connectivity index (χ3n) is 6.18. The van der Waals surface area contributed by atoms with Gasteiger partial charge in [0.2, 0.25) is 15.9 Å². The van der Waals surface area contributed by atoms with Crippen molar-refractivity contribution in [3.05, 3.63) is 29.8 Å². The van der Waals surface area contributed by atoms with Crippen LogP contribution in [0.4, 0.5) is 0 Å². The number of amides is 1. The zero-order valence-electron chi connectivity index (χ0n) is 17.6. The maximum Gasteiger partial charge on any atom is 0.243 e. The molecule has 2 aliphatic rings. The SMILES string of the molecule is CCC(CNC(=O)CCc1ccc(S(=O)(=O)N2CCCCC2)cc1)N1CCCC1. The van der Waals surface area contributed by atoms with E-state index < -0.39 is 10.0 Å². The number of piperidine rings is 1. The summed E-state index contributed by atoms with van der Waals surface area (Å²) in [5.41, 5.74) is 0.990. The van der Waals surface area contributed by atoms with Crippen molar-refractivity contribution in [3.8, 4) is 0 Å². The van der Waals surface area contributed by atoms with E-state index in [0.717, 1.165) is 44.3 Å². The number of aryl methyl sites for hydroxylation is 1. The molecular formula is C22H35N3O3S. The van der Waals surface area contributed by atoms with Gasteiger partial charge >= 0.3 is 0 Å². The van der Waals surface area contributed by atoms with Crippen molar-refractivity contribution in [2.45, 2.75) is 69.2 Å². The molecule has 0 bridgehead atoms.